The molecule has 2 aromatic heterocycles. The van der Waals surface area contributed by atoms with E-state index in [1.54, 1.807) is 0 Å². The van der Waals surface area contributed by atoms with Crippen LogP contribution in [0.1, 0.15) is 19.3 Å². The van der Waals surface area contributed by atoms with E-state index in [9.17, 15) is 0 Å². The normalized spacial score (nSPS) is 24.0. The van der Waals surface area contributed by atoms with E-state index in [1.165, 1.54) is 24.6 Å². The lowest BCUT2D eigenvalue weighted by Gasteiger charge is -2.48. The number of rotatable bonds is 2. The molecule has 0 spiro atoms. The molecule has 2 unspecified atom stereocenters. The molecule has 25 heavy (non-hydrogen) atoms. The number of aromatic nitrogens is 3. The van der Waals surface area contributed by atoms with E-state index in [0.717, 1.165) is 35.8 Å². The maximum Gasteiger partial charge on any atom is 0.225 e. The first-order chi connectivity index (χ1) is 12.3. The van der Waals surface area contributed by atoms with E-state index in [2.05, 4.69) is 56.1 Å². The first-order valence-electron chi connectivity index (χ1n) is 9.15. The van der Waals surface area contributed by atoms with Crippen LogP contribution in [0, 0.1) is 0 Å². The zero-order chi connectivity index (χ0) is 16.8. The number of aromatic amines is 1. The van der Waals surface area contributed by atoms with Crippen LogP contribution in [-0.2, 0) is 0 Å². The second-order valence-electron chi connectivity index (χ2n) is 7.35. The van der Waals surface area contributed by atoms with Gasteiger partial charge in [0.05, 0.1) is 0 Å². The highest BCUT2D eigenvalue weighted by atomic mass is 15.3. The molecule has 1 N–H and O–H groups in total. The third-order valence-electron chi connectivity index (χ3n) is 5.85. The minimum Gasteiger partial charge on any atom is -0.354 e. The summed E-state index contributed by atoms with van der Waals surface area (Å²) < 4.78 is 0. The maximum absolute atomic E-state index is 4.68. The highest BCUT2D eigenvalue weighted by molar-refractivity contribution is 5.85. The minimum atomic E-state index is 0.643. The van der Waals surface area contributed by atoms with Crippen molar-refractivity contribution < 1.29 is 0 Å². The van der Waals surface area contributed by atoms with Crippen LogP contribution in [0.4, 0.5) is 5.95 Å². The average Bonchev–Trinajstić information content (AvgIpc) is 3.06. The molecule has 2 aliphatic heterocycles. The quantitative estimate of drug-likeness (QED) is 0.782. The number of likely N-dealkylation sites (N-methyl/N-ethyl adjacent to an activating group) is 1. The summed E-state index contributed by atoms with van der Waals surface area (Å²) in [5.41, 5.74) is 3.26. The number of hydrogen-bond donors (Lipinski definition) is 1. The largest absolute Gasteiger partial charge is 0.354 e. The third-order valence-corrected chi connectivity index (χ3v) is 5.85. The fourth-order valence-electron chi connectivity index (χ4n) is 4.33. The standard InChI is InChI=1S/C20H23N5/c1-24-16-6-4-7-17(24)13-25(12-16)20-21-10-15(11-22-20)19-9-14-5-2-3-8-18(14)23-19/h2-3,5,8-11,16-17,23H,4,6-7,12-13H2,1H3. The SMILES string of the molecule is CN1C2CCCC1CN(c1ncc(-c3cc4ccccc4[nH]3)cn1)C2. The molecule has 5 heteroatoms. The molecular weight excluding hydrogens is 310 g/mol. The minimum absolute atomic E-state index is 0.643. The van der Waals surface area contributed by atoms with Crippen LogP contribution in [0.25, 0.3) is 22.2 Å². The van der Waals surface area contributed by atoms with Crippen LogP contribution in [0.3, 0.4) is 0 Å². The Morgan fingerprint density at radius 2 is 1.76 bits per heavy atom. The molecule has 128 valence electrons. The molecule has 1 aromatic carbocycles. The fourth-order valence-corrected chi connectivity index (χ4v) is 4.33. The second-order valence-corrected chi connectivity index (χ2v) is 7.35. The van der Waals surface area contributed by atoms with Crippen molar-refractivity contribution in [3.63, 3.8) is 0 Å². The maximum atomic E-state index is 4.68. The van der Waals surface area contributed by atoms with Crippen molar-refractivity contribution in [1.29, 1.82) is 0 Å². The average molecular weight is 333 g/mol. The van der Waals surface area contributed by atoms with E-state index in [-0.39, 0.29) is 0 Å². The Labute approximate surface area is 147 Å². The van der Waals surface area contributed by atoms with Crippen molar-refractivity contribution in [2.75, 3.05) is 25.0 Å². The van der Waals surface area contributed by atoms with Crippen LogP contribution in [0.5, 0.6) is 0 Å². The molecule has 5 rings (SSSR count). The molecule has 2 saturated heterocycles. The van der Waals surface area contributed by atoms with Gasteiger partial charge in [-0.2, -0.15) is 0 Å². The first-order valence-corrected chi connectivity index (χ1v) is 9.15. The number of hydrogen-bond acceptors (Lipinski definition) is 4. The van der Waals surface area contributed by atoms with Gasteiger partial charge in [0.2, 0.25) is 5.95 Å². The molecule has 2 fully saturated rings. The lowest BCUT2D eigenvalue weighted by Crippen LogP contribution is -2.59. The Kier molecular flexibility index (Phi) is 3.48. The lowest BCUT2D eigenvalue weighted by molar-refractivity contribution is 0.0943. The predicted molar refractivity (Wildman–Crippen MR) is 101 cm³/mol. The van der Waals surface area contributed by atoms with E-state index in [4.69, 9.17) is 0 Å². The molecule has 0 radical (unpaired) electrons. The number of para-hydroxylation sites is 1. The molecule has 5 nitrogen and oxygen atoms in total. The van der Waals surface area contributed by atoms with Gasteiger partial charge in [-0.15, -0.1) is 0 Å². The Morgan fingerprint density at radius 3 is 2.48 bits per heavy atom. The summed E-state index contributed by atoms with van der Waals surface area (Å²) in [6.45, 7) is 2.08. The summed E-state index contributed by atoms with van der Waals surface area (Å²) in [5, 5.41) is 1.22. The Morgan fingerprint density at radius 1 is 1.04 bits per heavy atom. The van der Waals surface area contributed by atoms with Crippen molar-refractivity contribution in [3.8, 4) is 11.3 Å². The molecule has 3 aromatic rings. The van der Waals surface area contributed by atoms with Gasteiger partial charge >= 0.3 is 0 Å². The number of piperazine rings is 1. The summed E-state index contributed by atoms with van der Waals surface area (Å²) in [6.07, 6.45) is 7.82. The van der Waals surface area contributed by atoms with Crippen LogP contribution < -0.4 is 4.90 Å². The number of fused-ring (bicyclic) bond motifs is 3. The highest BCUT2D eigenvalue weighted by Gasteiger charge is 2.35. The lowest BCUT2D eigenvalue weighted by atomic mass is 9.92. The number of nitrogens with zero attached hydrogens (tertiary/aromatic N) is 4. The molecule has 0 saturated carbocycles. The van der Waals surface area contributed by atoms with E-state index >= 15 is 0 Å². The van der Waals surface area contributed by atoms with Gasteiger partial charge in [-0.25, -0.2) is 9.97 Å². The van der Waals surface area contributed by atoms with E-state index in [0.29, 0.717) is 12.1 Å². The molecule has 0 aliphatic carbocycles. The molecule has 2 aliphatic rings. The van der Waals surface area contributed by atoms with Gasteiger partial charge in [0.25, 0.3) is 0 Å². The molecule has 4 heterocycles. The summed E-state index contributed by atoms with van der Waals surface area (Å²) >= 11 is 0. The zero-order valence-corrected chi connectivity index (χ0v) is 14.5. The van der Waals surface area contributed by atoms with E-state index < -0.39 is 0 Å². The summed E-state index contributed by atoms with van der Waals surface area (Å²) in [5.74, 6) is 0.866. The van der Waals surface area contributed by atoms with Gasteiger partial charge < -0.3 is 9.88 Å². The summed E-state index contributed by atoms with van der Waals surface area (Å²) in [6, 6.07) is 11.8. The van der Waals surface area contributed by atoms with Gasteiger partial charge in [-0.3, -0.25) is 4.90 Å². The smallest absolute Gasteiger partial charge is 0.225 e. The molecule has 2 bridgehead atoms. The number of nitrogens with one attached hydrogen (secondary N) is 1. The topological polar surface area (TPSA) is 48.0 Å². The Hall–Kier alpha value is -2.40. The summed E-state index contributed by atoms with van der Waals surface area (Å²) in [4.78, 5) is 17.7. The molecule has 2 atom stereocenters. The number of H-pyrrole nitrogens is 1. The molecular formula is C20H23N5. The Balaban J connectivity index is 1.40. The van der Waals surface area contributed by atoms with Crippen LogP contribution in [0.2, 0.25) is 0 Å². The fraction of sp³-hybridized carbons (Fsp3) is 0.400. The number of benzene rings is 1. The van der Waals surface area contributed by atoms with Crippen molar-refractivity contribution >= 4 is 16.9 Å². The van der Waals surface area contributed by atoms with Crippen molar-refractivity contribution in [2.45, 2.75) is 31.3 Å². The third kappa shape index (κ3) is 2.59. The van der Waals surface area contributed by atoms with Crippen molar-refractivity contribution in [3.05, 3.63) is 42.7 Å². The van der Waals surface area contributed by atoms with Crippen LogP contribution >= 0.6 is 0 Å². The Bertz CT molecular complexity index is 837. The first kappa shape index (κ1) is 14.9. The van der Waals surface area contributed by atoms with Crippen LogP contribution in [-0.4, -0.2) is 52.1 Å². The molecule has 0 amide bonds. The zero-order valence-electron chi connectivity index (χ0n) is 14.5. The van der Waals surface area contributed by atoms with Crippen molar-refractivity contribution in [2.24, 2.45) is 0 Å². The van der Waals surface area contributed by atoms with Gasteiger partial charge in [-0.05, 0) is 32.0 Å². The van der Waals surface area contributed by atoms with Gasteiger partial charge in [0.15, 0.2) is 0 Å². The summed E-state index contributed by atoms with van der Waals surface area (Å²) in [7, 11) is 2.27. The van der Waals surface area contributed by atoms with Gasteiger partial charge in [-0.1, -0.05) is 24.6 Å². The van der Waals surface area contributed by atoms with Crippen molar-refractivity contribution in [1.82, 2.24) is 19.9 Å². The van der Waals surface area contributed by atoms with Gasteiger partial charge in [0.1, 0.15) is 0 Å². The number of anilines is 1. The monoisotopic (exact) mass is 333 g/mol. The van der Waals surface area contributed by atoms with E-state index in [1.807, 2.05) is 18.5 Å². The van der Waals surface area contributed by atoms with Crippen LogP contribution in [0.15, 0.2) is 42.7 Å². The van der Waals surface area contributed by atoms with Gasteiger partial charge in [0, 0.05) is 59.7 Å². The second kappa shape index (κ2) is 5.85. The predicted octanol–water partition coefficient (Wildman–Crippen LogP) is 3.30. The number of piperidine rings is 1. The highest BCUT2D eigenvalue weighted by Crippen LogP contribution is 2.29.